The first-order valence-corrected chi connectivity index (χ1v) is 7.44. The van der Waals surface area contributed by atoms with Gasteiger partial charge in [-0.1, -0.05) is 6.07 Å². The van der Waals surface area contributed by atoms with Crippen molar-refractivity contribution in [2.45, 2.75) is 13.5 Å². The van der Waals surface area contributed by atoms with Gasteiger partial charge in [-0.25, -0.2) is 4.79 Å². The third kappa shape index (κ3) is 4.84. The van der Waals surface area contributed by atoms with E-state index in [2.05, 4.69) is 10.6 Å². The van der Waals surface area contributed by atoms with Crippen LogP contribution in [0.5, 0.6) is 11.5 Å². The topological polar surface area (TPSA) is 103 Å². The van der Waals surface area contributed by atoms with E-state index in [0.717, 1.165) is 5.56 Å². The lowest BCUT2D eigenvalue weighted by atomic mass is 10.2. The molecule has 0 radical (unpaired) electrons. The van der Waals surface area contributed by atoms with Crippen LogP contribution >= 0.6 is 0 Å². The summed E-state index contributed by atoms with van der Waals surface area (Å²) in [5.41, 5.74) is 1.62. The molecule has 132 valence electrons. The van der Waals surface area contributed by atoms with Gasteiger partial charge in [-0.3, -0.25) is 10.1 Å². The minimum atomic E-state index is -0.485. The van der Waals surface area contributed by atoms with E-state index in [1.807, 2.05) is 0 Å². The number of methoxy groups -OCH3 is 2. The maximum Gasteiger partial charge on any atom is 0.319 e. The van der Waals surface area contributed by atoms with Crippen molar-refractivity contribution in [3.63, 3.8) is 0 Å². The quantitative estimate of drug-likeness (QED) is 0.618. The van der Waals surface area contributed by atoms with Gasteiger partial charge in [0.1, 0.15) is 11.5 Å². The summed E-state index contributed by atoms with van der Waals surface area (Å²) in [6, 6.07) is 9.33. The smallest absolute Gasteiger partial charge is 0.319 e. The molecule has 0 aliphatic heterocycles. The number of hydrogen-bond acceptors (Lipinski definition) is 5. The van der Waals surface area contributed by atoms with Crippen molar-refractivity contribution in [1.29, 1.82) is 0 Å². The summed E-state index contributed by atoms with van der Waals surface area (Å²) < 4.78 is 10.3. The number of amides is 2. The van der Waals surface area contributed by atoms with E-state index in [1.54, 1.807) is 51.5 Å². The van der Waals surface area contributed by atoms with E-state index in [1.165, 1.54) is 6.07 Å². The van der Waals surface area contributed by atoms with Crippen LogP contribution in [0.15, 0.2) is 36.4 Å². The van der Waals surface area contributed by atoms with Gasteiger partial charge in [-0.2, -0.15) is 0 Å². The molecule has 0 saturated carbocycles. The average molecular weight is 345 g/mol. The summed E-state index contributed by atoms with van der Waals surface area (Å²) in [6.45, 7) is 1.88. The van der Waals surface area contributed by atoms with E-state index in [-0.39, 0.29) is 12.2 Å². The van der Waals surface area contributed by atoms with Gasteiger partial charge in [0.25, 0.3) is 5.69 Å². The van der Waals surface area contributed by atoms with Crippen molar-refractivity contribution in [2.75, 3.05) is 19.5 Å². The SMILES string of the molecule is COc1cc(CNC(=O)Nc2ccc(C)c([N+](=O)[O-])c2)cc(OC)c1. The number of rotatable bonds is 6. The first kappa shape index (κ1) is 18.1. The lowest BCUT2D eigenvalue weighted by Crippen LogP contribution is -2.28. The first-order valence-electron chi connectivity index (χ1n) is 7.44. The molecule has 0 fully saturated rings. The van der Waals surface area contributed by atoms with E-state index in [4.69, 9.17) is 9.47 Å². The van der Waals surface area contributed by atoms with Crippen molar-refractivity contribution in [3.05, 3.63) is 57.6 Å². The lowest BCUT2D eigenvalue weighted by Gasteiger charge is -2.11. The van der Waals surface area contributed by atoms with Crippen LogP contribution in [-0.4, -0.2) is 25.2 Å². The molecule has 8 nitrogen and oxygen atoms in total. The van der Waals surface area contributed by atoms with Crippen LogP contribution in [0.4, 0.5) is 16.2 Å². The fourth-order valence-electron chi connectivity index (χ4n) is 2.21. The molecule has 0 aromatic heterocycles. The number of urea groups is 1. The van der Waals surface area contributed by atoms with Crippen LogP contribution < -0.4 is 20.1 Å². The Bertz CT molecular complexity index is 770. The number of carbonyl (C=O) groups is 1. The Kier molecular flexibility index (Phi) is 5.78. The zero-order valence-corrected chi connectivity index (χ0v) is 14.2. The highest BCUT2D eigenvalue weighted by atomic mass is 16.6. The molecule has 0 aliphatic carbocycles. The molecular formula is C17H19N3O5. The highest BCUT2D eigenvalue weighted by Gasteiger charge is 2.12. The standard InChI is InChI=1S/C17H19N3O5/c1-11-4-5-13(8-16(11)20(22)23)19-17(21)18-10-12-6-14(24-2)9-15(7-12)25-3/h4-9H,10H2,1-3H3,(H2,18,19,21). The normalized spacial score (nSPS) is 10.0. The van der Waals surface area contributed by atoms with Crippen molar-refractivity contribution in [2.24, 2.45) is 0 Å². The zero-order valence-electron chi connectivity index (χ0n) is 14.2. The highest BCUT2D eigenvalue weighted by molar-refractivity contribution is 5.89. The van der Waals surface area contributed by atoms with E-state index >= 15 is 0 Å². The molecule has 0 unspecified atom stereocenters. The summed E-state index contributed by atoms with van der Waals surface area (Å²) in [6.07, 6.45) is 0. The molecule has 2 rings (SSSR count). The fourth-order valence-corrected chi connectivity index (χ4v) is 2.21. The van der Waals surface area contributed by atoms with Crippen molar-refractivity contribution < 1.29 is 19.2 Å². The van der Waals surface area contributed by atoms with Gasteiger partial charge >= 0.3 is 6.03 Å². The largest absolute Gasteiger partial charge is 0.497 e. The first-order chi connectivity index (χ1) is 11.9. The molecule has 2 amide bonds. The number of nitro groups is 1. The highest BCUT2D eigenvalue weighted by Crippen LogP contribution is 2.23. The van der Waals surface area contributed by atoms with Crippen LogP contribution in [0.1, 0.15) is 11.1 Å². The number of aryl methyl sites for hydroxylation is 1. The summed E-state index contributed by atoms with van der Waals surface area (Å²) in [4.78, 5) is 22.5. The van der Waals surface area contributed by atoms with Gasteiger partial charge in [0, 0.05) is 29.9 Å². The third-order valence-corrected chi connectivity index (χ3v) is 3.53. The molecule has 0 heterocycles. The summed E-state index contributed by atoms with van der Waals surface area (Å²) in [5.74, 6) is 1.23. The molecule has 0 saturated heterocycles. The Balaban J connectivity index is 2.02. The molecule has 0 spiro atoms. The van der Waals surface area contributed by atoms with Crippen molar-refractivity contribution in [3.8, 4) is 11.5 Å². The van der Waals surface area contributed by atoms with Crippen LogP contribution in [0.25, 0.3) is 0 Å². The minimum Gasteiger partial charge on any atom is -0.497 e. The monoisotopic (exact) mass is 345 g/mol. The van der Waals surface area contributed by atoms with Gasteiger partial charge in [0.15, 0.2) is 0 Å². The number of nitrogens with zero attached hydrogens (tertiary/aromatic N) is 1. The Hall–Kier alpha value is -3.29. The molecule has 0 aliphatic rings. The van der Waals surface area contributed by atoms with Crippen molar-refractivity contribution >= 4 is 17.4 Å². The van der Waals surface area contributed by atoms with Gasteiger partial charge in [-0.05, 0) is 30.7 Å². The van der Waals surface area contributed by atoms with Crippen LogP contribution in [0.3, 0.4) is 0 Å². The zero-order chi connectivity index (χ0) is 18.4. The average Bonchev–Trinajstić information content (AvgIpc) is 2.61. The molecule has 2 aromatic carbocycles. The van der Waals surface area contributed by atoms with Crippen molar-refractivity contribution in [1.82, 2.24) is 5.32 Å². The number of nitro benzene ring substituents is 1. The minimum absolute atomic E-state index is 0.0460. The lowest BCUT2D eigenvalue weighted by molar-refractivity contribution is -0.385. The predicted octanol–water partition coefficient (Wildman–Crippen LogP) is 3.24. The van der Waals surface area contributed by atoms with Crippen LogP contribution in [-0.2, 0) is 6.54 Å². The third-order valence-electron chi connectivity index (χ3n) is 3.53. The molecule has 0 atom stereocenters. The molecular weight excluding hydrogens is 326 g/mol. The van der Waals surface area contributed by atoms with Crippen LogP contribution in [0.2, 0.25) is 0 Å². The predicted molar refractivity (Wildman–Crippen MR) is 93.2 cm³/mol. The number of anilines is 1. The summed E-state index contributed by atoms with van der Waals surface area (Å²) >= 11 is 0. The van der Waals surface area contributed by atoms with E-state index in [0.29, 0.717) is 22.7 Å². The second kappa shape index (κ2) is 8.00. The molecule has 8 heteroatoms. The Labute approximate surface area is 144 Å². The van der Waals surface area contributed by atoms with E-state index in [9.17, 15) is 14.9 Å². The maximum atomic E-state index is 12.0. The number of nitrogens with one attached hydrogen (secondary N) is 2. The van der Waals surface area contributed by atoms with Gasteiger partial charge in [0.05, 0.1) is 19.1 Å². The molecule has 25 heavy (non-hydrogen) atoms. The Morgan fingerprint density at radius 1 is 1.12 bits per heavy atom. The van der Waals surface area contributed by atoms with Gasteiger partial charge < -0.3 is 20.1 Å². The van der Waals surface area contributed by atoms with Crippen LogP contribution in [0, 0.1) is 17.0 Å². The number of carbonyl (C=O) groups excluding carboxylic acids is 1. The maximum absolute atomic E-state index is 12.0. The molecule has 0 bridgehead atoms. The van der Waals surface area contributed by atoms with E-state index < -0.39 is 11.0 Å². The summed E-state index contributed by atoms with van der Waals surface area (Å²) in [7, 11) is 3.09. The number of benzene rings is 2. The second-order valence-electron chi connectivity index (χ2n) is 5.29. The Morgan fingerprint density at radius 3 is 2.32 bits per heavy atom. The van der Waals surface area contributed by atoms with Gasteiger partial charge in [0.2, 0.25) is 0 Å². The molecule has 2 N–H and O–H groups in total. The van der Waals surface area contributed by atoms with Gasteiger partial charge in [-0.15, -0.1) is 0 Å². The Morgan fingerprint density at radius 2 is 1.76 bits per heavy atom. The molecule has 2 aromatic rings. The number of hydrogen-bond donors (Lipinski definition) is 2. The fraction of sp³-hybridized carbons (Fsp3) is 0.235. The summed E-state index contributed by atoms with van der Waals surface area (Å²) in [5, 5.41) is 16.2. The second-order valence-corrected chi connectivity index (χ2v) is 5.29. The number of ether oxygens (including phenoxy) is 2.